The summed E-state index contributed by atoms with van der Waals surface area (Å²) >= 11 is 5.15. The van der Waals surface area contributed by atoms with Gasteiger partial charge < -0.3 is 14.8 Å². The molecule has 3 N–H and O–H groups in total. The summed E-state index contributed by atoms with van der Waals surface area (Å²) < 4.78 is 37.7. The maximum absolute atomic E-state index is 12.4. The zero-order valence-electron chi connectivity index (χ0n) is 18.6. The van der Waals surface area contributed by atoms with Gasteiger partial charge in [-0.25, -0.2) is 13.1 Å². The lowest BCUT2D eigenvalue weighted by Crippen LogP contribution is -2.40. The van der Waals surface area contributed by atoms with Crippen LogP contribution in [0.25, 0.3) is 6.08 Å². The third-order valence-corrected chi connectivity index (χ3v) is 5.91. The van der Waals surface area contributed by atoms with Crippen LogP contribution in [0, 0.1) is 0 Å². The molecule has 0 unspecified atom stereocenters. The number of hydrogen-bond acceptors (Lipinski definition) is 6. The average Bonchev–Trinajstić information content (AvgIpc) is 2.70. The third kappa shape index (κ3) is 7.63. The summed E-state index contributed by atoms with van der Waals surface area (Å²) in [5.41, 5.74) is 0.692. The molecule has 8 nitrogen and oxygen atoms in total. The minimum atomic E-state index is -3.63. The number of benzene rings is 2. The molecule has 0 aliphatic rings. The van der Waals surface area contributed by atoms with Gasteiger partial charge >= 0.3 is 0 Å². The number of carbonyl (C=O) groups is 1. The summed E-state index contributed by atoms with van der Waals surface area (Å²) in [4.78, 5) is 12.3. The fourth-order valence-corrected chi connectivity index (χ4v) is 4.26. The van der Waals surface area contributed by atoms with Gasteiger partial charge in [-0.2, -0.15) is 0 Å². The van der Waals surface area contributed by atoms with E-state index in [0.29, 0.717) is 17.2 Å². The molecule has 0 saturated carbocycles. The second kappa shape index (κ2) is 10.6. The van der Waals surface area contributed by atoms with E-state index in [1.54, 1.807) is 64.3 Å². The van der Waals surface area contributed by atoms with Crippen molar-refractivity contribution in [3.8, 4) is 11.5 Å². The number of anilines is 1. The Morgan fingerprint density at radius 1 is 1.00 bits per heavy atom. The Morgan fingerprint density at radius 2 is 1.62 bits per heavy atom. The van der Waals surface area contributed by atoms with Gasteiger partial charge in [0, 0.05) is 17.3 Å². The number of thiocarbonyl (C=S) groups is 1. The van der Waals surface area contributed by atoms with Gasteiger partial charge in [-0.3, -0.25) is 10.1 Å². The molecule has 0 fully saturated rings. The predicted octanol–water partition coefficient (Wildman–Crippen LogP) is 3.31. The number of carbonyl (C=O) groups excluding carboxylic acids is 1. The van der Waals surface area contributed by atoms with Crippen molar-refractivity contribution in [2.24, 2.45) is 0 Å². The zero-order valence-corrected chi connectivity index (χ0v) is 20.2. The molecule has 1 amide bonds. The molecule has 10 heteroatoms. The minimum absolute atomic E-state index is 0.0791. The lowest BCUT2D eigenvalue weighted by atomic mass is 10.1. The Kier molecular flexibility index (Phi) is 8.37. The normalized spacial score (nSPS) is 11.8. The molecule has 0 radical (unpaired) electrons. The summed E-state index contributed by atoms with van der Waals surface area (Å²) in [5, 5.41) is 5.46. The summed E-state index contributed by atoms with van der Waals surface area (Å²) in [6, 6.07) is 11.3. The van der Waals surface area contributed by atoms with E-state index in [-0.39, 0.29) is 10.0 Å². The molecule has 172 valence electrons. The maximum atomic E-state index is 12.4. The Hall–Kier alpha value is -2.95. The number of amides is 1. The number of ether oxygens (including phenoxy) is 2. The lowest BCUT2D eigenvalue weighted by Gasteiger charge is -2.20. The van der Waals surface area contributed by atoms with E-state index in [9.17, 15) is 13.2 Å². The number of methoxy groups -OCH3 is 2. The van der Waals surface area contributed by atoms with Crippen LogP contribution in [0.2, 0.25) is 0 Å². The summed E-state index contributed by atoms with van der Waals surface area (Å²) in [6.45, 7) is 5.30. The second-order valence-corrected chi connectivity index (χ2v) is 9.86. The molecule has 2 rings (SSSR count). The van der Waals surface area contributed by atoms with Crippen molar-refractivity contribution in [3.63, 3.8) is 0 Å². The molecule has 0 heterocycles. The maximum Gasteiger partial charge on any atom is 0.250 e. The first kappa shape index (κ1) is 25.3. The molecule has 0 saturated heterocycles. The van der Waals surface area contributed by atoms with E-state index in [2.05, 4.69) is 15.4 Å². The van der Waals surface area contributed by atoms with Crippen LogP contribution in [0.5, 0.6) is 11.5 Å². The van der Waals surface area contributed by atoms with Crippen molar-refractivity contribution in [2.75, 3.05) is 19.5 Å². The Labute approximate surface area is 194 Å². The van der Waals surface area contributed by atoms with Crippen LogP contribution < -0.4 is 24.8 Å². The highest BCUT2D eigenvalue weighted by Gasteiger charge is 2.21. The molecule has 0 aliphatic carbocycles. The second-order valence-electron chi connectivity index (χ2n) is 7.77. The first-order valence-electron chi connectivity index (χ1n) is 9.59. The molecular formula is C22H27N3O5S2. The SMILES string of the molecule is COc1ccc(C=CC(=O)NC(=S)Nc2ccc(S(=O)(=O)NC(C)(C)C)cc2)cc1OC. The van der Waals surface area contributed by atoms with Gasteiger partial charge in [-0.1, -0.05) is 6.07 Å². The van der Waals surface area contributed by atoms with E-state index in [1.165, 1.54) is 25.3 Å². The third-order valence-electron chi connectivity index (χ3n) is 3.93. The highest BCUT2D eigenvalue weighted by molar-refractivity contribution is 7.89. The molecule has 0 bridgehead atoms. The van der Waals surface area contributed by atoms with E-state index >= 15 is 0 Å². The van der Waals surface area contributed by atoms with Crippen molar-refractivity contribution in [2.45, 2.75) is 31.2 Å². The molecule has 0 spiro atoms. The minimum Gasteiger partial charge on any atom is -0.493 e. The fraction of sp³-hybridized carbons (Fsp3) is 0.273. The van der Waals surface area contributed by atoms with Crippen LogP contribution in [-0.4, -0.2) is 39.2 Å². The van der Waals surface area contributed by atoms with E-state index in [1.807, 2.05) is 0 Å². The summed E-state index contributed by atoms with van der Waals surface area (Å²) in [5.74, 6) is 0.716. The number of nitrogens with one attached hydrogen (secondary N) is 3. The van der Waals surface area contributed by atoms with Crippen molar-refractivity contribution in [3.05, 3.63) is 54.1 Å². The van der Waals surface area contributed by atoms with E-state index in [0.717, 1.165) is 5.56 Å². The lowest BCUT2D eigenvalue weighted by molar-refractivity contribution is -0.115. The average molecular weight is 478 g/mol. The molecule has 0 aromatic heterocycles. The van der Waals surface area contributed by atoms with Gasteiger partial charge in [-0.15, -0.1) is 0 Å². The highest BCUT2D eigenvalue weighted by Crippen LogP contribution is 2.27. The van der Waals surface area contributed by atoms with Gasteiger partial charge in [0.1, 0.15) is 0 Å². The largest absolute Gasteiger partial charge is 0.493 e. The highest BCUT2D eigenvalue weighted by atomic mass is 32.2. The van der Waals surface area contributed by atoms with Gasteiger partial charge in [0.25, 0.3) is 0 Å². The monoisotopic (exact) mass is 477 g/mol. The summed E-state index contributed by atoms with van der Waals surface area (Å²) in [6.07, 6.45) is 2.95. The zero-order chi connectivity index (χ0) is 23.9. The molecule has 0 aliphatic heterocycles. The molecule has 2 aromatic rings. The van der Waals surface area contributed by atoms with Gasteiger partial charge in [-0.05, 0) is 81.0 Å². The number of sulfonamides is 1. The topological polar surface area (TPSA) is 106 Å². The van der Waals surface area contributed by atoms with Crippen LogP contribution in [-0.2, 0) is 14.8 Å². The van der Waals surface area contributed by atoms with Gasteiger partial charge in [0.2, 0.25) is 15.9 Å². The quantitative estimate of drug-likeness (QED) is 0.415. The van der Waals surface area contributed by atoms with Crippen LogP contribution >= 0.6 is 12.2 Å². The number of rotatable bonds is 7. The molecule has 32 heavy (non-hydrogen) atoms. The van der Waals surface area contributed by atoms with Crippen molar-refractivity contribution < 1.29 is 22.7 Å². The van der Waals surface area contributed by atoms with E-state index < -0.39 is 21.5 Å². The van der Waals surface area contributed by atoms with Crippen LogP contribution in [0.4, 0.5) is 5.69 Å². The van der Waals surface area contributed by atoms with Crippen LogP contribution in [0.1, 0.15) is 26.3 Å². The van der Waals surface area contributed by atoms with Crippen molar-refractivity contribution in [1.82, 2.24) is 10.0 Å². The molecular weight excluding hydrogens is 450 g/mol. The fourth-order valence-electron chi connectivity index (χ4n) is 2.62. The Morgan fingerprint density at radius 3 is 2.19 bits per heavy atom. The first-order chi connectivity index (χ1) is 14.9. The van der Waals surface area contributed by atoms with Gasteiger partial charge in [0.15, 0.2) is 16.6 Å². The first-order valence-corrected chi connectivity index (χ1v) is 11.5. The van der Waals surface area contributed by atoms with Crippen molar-refractivity contribution >= 4 is 45.0 Å². The summed E-state index contributed by atoms with van der Waals surface area (Å²) in [7, 11) is -0.553. The molecule has 0 atom stereocenters. The predicted molar refractivity (Wildman–Crippen MR) is 129 cm³/mol. The smallest absolute Gasteiger partial charge is 0.250 e. The van der Waals surface area contributed by atoms with Crippen LogP contribution in [0.3, 0.4) is 0 Å². The molecule has 2 aromatic carbocycles. The van der Waals surface area contributed by atoms with Crippen molar-refractivity contribution in [1.29, 1.82) is 0 Å². The Bertz CT molecular complexity index is 1110. The number of hydrogen-bond donors (Lipinski definition) is 3. The van der Waals surface area contributed by atoms with E-state index in [4.69, 9.17) is 21.7 Å². The van der Waals surface area contributed by atoms with Crippen LogP contribution in [0.15, 0.2) is 53.4 Å². The standard InChI is InChI=1S/C22H27N3O5S2/c1-22(2,3)25-32(27,28)17-10-8-16(9-11-17)23-21(31)24-20(26)13-7-15-6-12-18(29-4)19(14-15)30-5/h6-14,25H,1-5H3,(H2,23,24,26,31). The Balaban J connectivity index is 1.96. The van der Waals surface area contributed by atoms with Gasteiger partial charge in [0.05, 0.1) is 19.1 Å².